The molecule has 1 atom stereocenters. The summed E-state index contributed by atoms with van der Waals surface area (Å²) in [5, 5.41) is 4.14. The van der Waals surface area contributed by atoms with Gasteiger partial charge in [-0.2, -0.15) is 0 Å². The lowest BCUT2D eigenvalue weighted by atomic mass is 9.99. The molecule has 0 radical (unpaired) electrons. The Morgan fingerprint density at radius 1 is 1.12 bits per heavy atom. The molecule has 1 aliphatic rings. The van der Waals surface area contributed by atoms with E-state index in [-0.39, 0.29) is 6.03 Å². The van der Waals surface area contributed by atoms with Gasteiger partial charge >= 0.3 is 6.03 Å². The molecule has 1 aliphatic heterocycles. The zero-order chi connectivity index (χ0) is 17.1. The molecule has 4 nitrogen and oxygen atoms in total. The van der Waals surface area contributed by atoms with Crippen LogP contribution in [0, 0.1) is 0 Å². The third-order valence-electron chi connectivity index (χ3n) is 4.86. The van der Waals surface area contributed by atoms with Gasteiger partial charge < -0.3 is 10.2 Å². The lowest BCUT2D eigenvalue weighted by molar-refractivity contribution is 0.208. The number of benzene rings is 2. The standard InChI is InChI=1S/C21H21N3O/c25-21(24-12-10-19(15-24)17-5-2-1-3-6-17)23-14-16-8-9-20-18(13-16)7-4-11-22-20/h1-9,11,13,19H,10,12,14-15H2,(H,23,25). The second kappa shape index (κ2) is 6.93. The summed E-state index contributed by atoms with van der Waals surface area (Å²) >= 11 is 0. The molecule has 0 aliphatic carbocycles. The summed E-state index contributed by atoms with van der Waals surface area (Å²) in [7, 11) is 0. The van der Waals surface area contributed by atoms with Crippen LogP contribution >= 0.6 is 0 Å². The third kappa shape index (κ3) is 3.48. The van der Waals surface area contributed by atoms with E-state index in [2.05, 4.69) is 40.6 Å². The molecule has 1 aromatic heterocycles. The van der Waals surface area contributed by atoms with Crippen LogP contribution in [0.25, 0.3) is 10.9 Å². The molecular weight excluding hydrogens is 310 g/mol. The van der Waals surface area contributed by atoms with Crippen LogP contribution in [0.15, 0.2) is 66.9 Å². The quantitative estimate of drug-likeness (QED) is 0.790. The van der Waals surface area contributed by atoms with E-state index < -0.39 is 0 Å². The molecule has 3 aromatic rings. The summed E-state index contributed by atoms with van der Waals surface area (Å²) in [4.78, 5) is 18.7. The average Bonchev–Trinajstić information content (AvgIpc) is 3.17. The van der Waals surface area contributed by atoms with Crippen molar-refractivity contribution in [3.05, 3.63) is 78.0 Å². The number of aromatic nitrogens is 1. The second-order valence-corrected chi connectivity index (χ2v) is 6.53. The van der Waals surface area contributed by atoms with Crippen molar-refractivity contribution in [2.45, 2.75) is 18.9 Å². The van der Waals surface area contributed by atoms with Crippen molar-refractivity contribution in [2.24, 2.45) is 0 Å². The first-order valence-electron chi connectivity index (χ1n) is 8.71. The Morgan fingerprint density at radius 3 is 2.88 bits per heavy atom. The van der Waals surface area contributed by atoms with E-state index in [0.717, 1.165) is 36.0 Å². The Balaban J connectivity index is 1.36. The highest BCUT2D eigenvalue weighted by Crippen LogP contribution is 2.26. The minimum Gasteiger partial charge on any atom is -0.334 e. The van der Waals surface area contributed by atoms with Gasteiger partial charge in [0.15, 0.2) is 0 Å². The summed E-state index contributed by atoms with van der Waals surface area (Å²) in [6.45, 7) is 2.14. The summed E-state index contributed by atoms with van der Waals surface area (Å²) in [5.41, 5.74) is 3.38. The maximum absolute atomic E-state index is 12.5. The van der Waals surface area contributed by atoms with E-state index in [1.165, 1.54) is 5.56 Å². The van der Waals surface area contributed by atoms with Gasteiger partial charge in [-0.1, -0.05) is 42.5 Å². The van der Waals surface area contributed by atoms with Gasteiger partial charge in [-0.25, -0.2) is 4.79 Å². The molecule has 1 N–H and O–H groups in total. The molecule has 2 heterocycles. The number of rotatable bonds is 3. The zero-order valence-corrected chi connectivity index (χ0v) is 14.1. The number of pyridine rings is 1. The van der Waals surface area contributed by atoms with E-state index in [9.17, 15) is 4.79 Å². The van der Waals surface area contributed by atoms with Crippen LogP contribution in [0.5, 0.6) is 0 Å². The maximum atomic E-state index is 12.5. The molecule has 0 bridgehead atoms. The van der Waals surface area contributed by atoms with Gasteiger partial charge in [0.2, 0.25) is 0 Å². The van der Waals surface area contributed by atoms with Crippen LogP contribution in [0.4, 0.5) is 4.79 Å². The van der Waals surface area contributed by atoms with Crippen molar-refractivity contribution in [2.75, 3.05) is 13.1 Å². The number of nitrogens with zero attached hydrogens (tertiary/aromatic N) is 2. The van der Waals surface area contributed by atoms with E-state index >= 15 is 0 Å². The Kier molecular flexibility index (Phi) is 4.34. The lowest BCUT2D eigenvalue weighted by Crippen LogP contribution is -2.37. The van der Waals surface area contributed by atoms with Crippen LogP contribution < -0.4 is 5.32 Å². The highest BCUT2D eigenvalue weighted by Gasteiger charge is 2.26. The highest BCUT2D eigenvalue weighted by molar-refractivity contribution is 5.79. The molecule has 1 saturated heterocycles. The summed E-state index contributed by atoms with van der Waals surface area (Å²) < 4.78 is 0. The Bertz CT molecular complexity index is 878. The number of fused-ring (bicyclic) bond motifs is 1. The minimum absolute atomic E-state index is 0.0183. The normalized spacial score (nSPS) is 17.0. The van der Waals surface area contributed by atoms with Gasteiger partial charge in [-0.05, 0) is 35.7 Å². The van der Waals surface area contributed by atoms with Crippen molar-refractivity contribution in [3.63, 3.8) is 0 Å². The van der Waals surface area contributed by atoms with Crippen molar-refractivity contribution in [1.29, 1.82) is 0 Å². The first kappa shape index (κ1) is 15.6. The van der Waals surface area contributed by atoms with Gasteiger partial charge in [-0.15, -0.1) is 0 Å². The summed E-state index contributed by atoms with van der Waals surface area (Å²) in [5.74, 6) is 0.443. The van der Waals surface area contributed by atoms with Gasteiger partial charge in [0, 0.05) is 37.1 Å². The molecule has 1 fully saturated rings. The van der Waals surface area contributed by atoms with Crippen LogP contribution in [0.1, 0.15) is 23.5 Å². The van der Waals surface area contributed by atoms with Gasteiger partial charge in [0.1, 0.15) is 0 Å². The number of carbonyl (C=O) groups excluding carboxylic acids is 1. The largest absolute Gasteiger partial charge is 0.334 e. The third-order valence-corrected chi connectivity index (χ3v) is 4.86. The number of likely N-dealkylation sites (tertiary alicyclic amines) is 1. The smallest absolute Gasteiger partial charge is 0.317 e. The molecular formula is C21H21N3O. The molecule has 4 heteroatoms. The zero-order valence-electron chi connectivity index (χ0n) is 14.1. The maximum Gasteiger partial charge on any atom is 0.317 e. The van der Waals surface area contributed by atoms with E-state index in [4.69, 9.17) is 0 Å². The van der Waals surface area contributed by atoms with Gasteiger partial charge in [0.25, 0.3) is 0 Å². The average molecular weight is 331 g/mol. The minimum atomic E-state index is 0.0183. The summed E-state index contributed by atoms with van der Waals surface area (Å²) in [6, 6.07) is 20.5. The molecule has 0 spiro atoms. The fraction of sp³-hybridized carbons (Fsp3) is 0.238. The van der Waals surface area contributed by atoms with Gasteiger partial charge in [-0.3, -0.25) is 4.98 Å². The lowest BCUT2D eigenvalue weighted by Gasteiger charge is -2.17. The molecule has 0 saturated carbocycles. The monoisotopic (exact) mass is 331 g/mol. The Morgan fingerprint density at radius 2 is 2.00 bits per heavy atom. The van der Waals surface area contributed by atoms with Crippen molar-refractivity contribution >= 4 is 16.9 Å². The van der Waals surface area contributed by atoms with Crippen molar-refractivity contribution < 1.29 is 4.79 Å². The topological polar surface area (TPSA) is 45.2 Å². The van der Waals surface area contributed by atoms with Crippen molar-refractivity contribution in [1.82, 2.24) is 15.2 Å². The van der Waals surface area contributed by atoms with Gasteiger partial charge in [0.05, 0.1) is 5.52 Å². The fourth-order valence-corrected chi connectivity index (χ4v) is 3.47. The number of hydrogen-bond acceptors (Lipinski definition) is 2. The Labute approximate surface area is 147 Å². The number of amides is 2. The fourth-order valence-electron chi connectivity index (χ4n) is 3.47. The molecule has 126 valence electrons. The van der Waals surface area contributed by atoms with E-state index in [1.54, 1.807) is 6.20 Å². The molecule has 4 rings (SSSR count). The first-order valence-corrected chi connectivity index (χ1v) is 8.71. The SMILES string of the molecule is O=C(NCc1ccc2ncccc2c1)N1CCC(c2ccccc2)C1. The van der Waals surface area contributed by atoms with E-state index in [1.807, 2.05) is 35.2 Å². The van der Waals surface area contributed by atoms with Crippen LogP contribution in [-0.2, 0) is 6.54 Å². The predicted molar refractivity (Wildman–Crippen MR) is 99.4 cm³/mol. The molecule has 2 aromatic carbocycles. The Hall–Kier alpha value is -2.88. The molecule has 1 unspecified atom stereocenters. The number of nitrogens with one attached hydrogen (secondary N) is 1. The van der Waals surface area contributed by atoms with Crippen LogP contribution in [0.2, 0.25) is 0 Å². The number of hydrogen-bond donors (Lipinski definition) is 1. The van der Waals surface area contributed by atoms with Crippen molar-refractivity contribution in [3.8, 4) is 0 Å². The first-order chi connectivity index (χ1) is 12.3. The molecule has 2 amide bonds. The number of urea groups is 1. The van der Waals surface area contributed by atoms with Crippen LogP contribution in [-0.4, -0.2) is 29.0 Å². The summed E-state index contributed by atoms with van der Waals surface area (Å²) in [6.07, 6.45) is 2.82. The highest BCUT2D eigenvalue weighted by atomic mass is 16.2. The second-order valence-electron chi connectivity index (χ2n) is 6.53. The van der Waals surface area contributed by atoms with Crippen LogP contribution in [0.3, 0.4) is 0 Å². The van der Waals surface area contributed by atoms with E-state index in [0.29, 0.717) is 12.5 Å². The number of carbonyl (C=O) groups is 1. The predicted octanol–water partition coefficient (Wildman–Crippen LogP) is 3.93. The molecule has 25 heavy (non-hydrogen) atoms.